The average Bonchev–Trinajstić information content (AvgIpc) is 2.71. The fraction of sp³-hybridized carbons (Fsp3) is 0.600. The van der Waals surface area contributed by atoms with Gasteiger partial charge in [-0.05, 0) is 38.0 Å². The van der Waals surface area contributed by atoms with Crippen LogP contribution >= 0.6 is 11.6 Å². The van der Waals surface area contributed by atoms with Gasteiger partial charge in [0.25, 0.3) is 0 Å². The number of halogens is 1. The molecule has 1 heterocycles. The van der Waals surface area contributed by atoms with Gasteiger partial charge in [0.05, 0.1) is 19.6 Å². The predicted molar refractivity (Wildman–Crippen MR) is 106 cm³/mol. The monoisotopic (exact) mass is 396 g/mol. The second kappa shape index (κ2) is 9.31. The number of nitrogens with zero attached hydrogens (tertiary/aromatic N) is 2. The summed E-state index contributed by atoms with van der Waals surface area (Å²) >= 11 is 5.90. The van der Waals surface area contributed by atoms with Crippen molar-refractivity contribution in [2.45, 2.75) is 26.7 Å². The molecule has 2 amide bonds. The quantitative estimate of drug-likeness (QED) is 0.664. The summed E-state index contributed by atoms with van der Waals surface area (Å²) < 4.78 is 10.5. The van der Waals surface area contributed by atoms with Crippen molar-refractivity contribution < 1.29 is 19.1 Å². The molecule has 0 unspecified atom stereocenters. The van der Waals surface area contributed by atoms with Crippen molar-refractivity contribution in [1.82, 2.24) is 9.80 Å². The standard InChI is InChI=1S/C20H29ClN2O4/c1-20(2,14-21)19(25)23-11-9-22(10-12-23)18(24)8-6-15-5-7-16(26-3)17(13-15)27-4/h5,7,13H,6,8-12,14H2,1-4H3. The van der Waals surface area contributed by atoms with Crippen LogP contribution in [0.4, 0.5) is 0 Å². The number of aryl methyl sites for hydroxylation is 1. The fourth-order valence-electron chi connectivity index (χ4n) is 3.09. The molecule has 7 heteroatoms. The zero-order valence-corrected chi connectivity index (χ0v) is 17.3. The van der Waals surface area contributed by atoms with E-state index in [1.807, 2.05) is 36.9 Å². The SMILES string of the molecule is COc1ccc(CCC(=O)N2CCN(C(=O)C(C)(C)CCl)CC2)cc1OC. The summed E-state index contributed by atoms with van der Waals surface area (Å²) in [6.07, 6.45) is 1.06. The molecule has 2 rings (SSSR count). The van der Waals surface area contributed by atoms with Crippen molar-refractivity contribution in [1.29, 1.82) is 0 Å². The number of carbonyl (C=O) groups is 2. The molecule has 0 radical (unpaired) electrons. The number of alkyl halides is 1. The first-order chi connectivity index (χ1) is 12.8. The van der Waals surface area contributed by atoms with Crippen LogP contribution in [0.15, 0.2) is 18.2 Å². The highest BCUT2D eigenvalue weighted by Crippen LogP contribution is 2.28. The summed E-state index contributed by atoms with van der Waals surface area (Å²) in [6.45, 7) is 5.94. The molecule has 1 aliphatic heterocycles. The molecule has 0 spiro atoms. The lowest BCUT2D eigenvalue weighted by Crippen LogP contribution is -2.53. The molecular weight excluding hydrogens is 368 g/mol. The van der Waals surface area contributed by atoms with E-state index in [0.717, 1.165) is 5.56 Å². The zero-order valence-electron chi connectivity index (χ0n) is 16.6. The number of rotatable bonds is 7. The van der Waals surface area contributed by atoms with Crippen LogP contribution in [0.2, 0.25) is 0 Å². The van der Waals surface area contributed by atoms with E-state index in [2.05, 4.69) is 0 Å². The van der Waals surface area contributed by atoms with Gasteiger partial charge >= 0.3 is 0 Å². The van der Waals surface area contributed by atoms with Crippen LogP contribution in [0.1, 0.15) is 25.8 Å². The highest BCUT2D eigenvalue weighted by Gasteiger charge is 2.33. The van der Waals surface area contributed by atoms with Crippen molar-refractivity contribution in [2.24, 2.45) is 5.41 Å². The minimum absolute atomic E-state index is 0.0509. The van der Waals surface area contributed by atoms with Gasteiger partial charge in [-0.2, -0.15) is 0 Å². The molecule has 0 saturated carbocycles. The zero-order chi connectivity index (χ0) is 20.0. The number of amides is 2. The Morgan fingerprint density at radius 3 is 2.19 bits per heavy atom. The largest absolute Gasteiger partial charge is 0.493 e. The summed E-state index contributed by atoms with van der Waals surface area (Å²) in [7, 11) is 3.19. The summed E-state index contributed by atoms with van der Waals surface area (Å²) in [4.78, 5) is 28.6. The molecule has 1 aromatic carbocycles. The van der Waals surface area contributed by atoms with Gasteiger partial charge in [-0.15, -0.1) is 11.6 Å². The number of methoxy groups -OCH3 is 2. The van der Waals surface area contributed by atoms with Crippen molar-refractivity contribution in [3.8, 4) is 11.5 Å². The summed E-state index contributed by atoms with van der Waals surface area (Å²) in [5, 5.41) is 0. The molecule has 0 bridgehead atoms. The molecule has 0 aliphatic carbocycles. The third kappa shape index (κ3) is 5.28. The minimum atomic E-state index is -0.568. The van der Waals surface area contributed by atoms with Crippen LogP contribution in [0.25, 0.3) is 0 Å². The maximum atomic E-state index is 12.5. The molecule has 1 aromatic rings. The lowest BCUT2D eigenvalue weighted by atomic mass is 9.94. The Morgan fingerprint density at radius 2 is 1.63 bits per heavy atom. The van der Waals surface area contributed by atoms with Crippen LogP contribution in [-0.4, -0.2) is 67.9 Å². The predicted octanol–water partition coefficient (Wildman–Crippen LogP) is 2.57. The van der Waals surface area contributed by atoms with E-state index in [-0.39, 0.29) is 17.7 Å². The Labute approximate surface area is 166 Å². The van der Waals surface area contributed by atoms with Gasteiger partial charge in [0.2, 0.25) is 11.8 Å². The smallest absolute Gasteiger partial charge is 0.229 e. The first kappa shape index (κ1) is 21.4. The lowest BCUT2D eigenvalue weighted by molar-refractivity contribution is -0.144. The second-order valence-corrected chi connectivity index (χ2v) is 7.65. The Morgan fingerprint density at radius 1 is 1.04 bits per heavy atom. The molecule has 0 N–H and O–H groups in total. The van der Waals surface area contributed by atoms with Crippen LogP contribution in [0.3, 0.4) is 0 Å². The van der Waals surface area contributed by atoms with Crippen molar-refractivity contribution in [2.75, 3.05) is 46.3 Å². The van der Waals surface area contributed by atoms with E-state index in [1.165, 1.54) is 0 Å². The summed E-state index contributed by atoms with van der Waals surface area (Å²) in [5.74, 6) is 1.78. The van der Waals surface area contributed by atoms with Crippen molar-refractivity contribution in [3.63, 3.8) is 0 Å². The first-order valence-electron chi connectivity index (χ1n) is 9.16. The third-order valence-corrected chi connectivity index (χ3v) is 5.58. The van der Waals surface area contributed by atoms with E-state index < -0.39 is 5.41 Å². The lowest BCUT2D eigenvalue weighted by Gasteiger charge is -2.38. The first-order valence-corrected chi connectivity index (χ1v) is 9.70. The Balaban J connectivity index is 1.85. The van der Waals surface area contributed by atoms with Gasteiger partial charge in [0.1, 0.15) is 0 Å². The topological polar surface area (TPSA) is 59.1 Å². The Hall–Kier alpha value is -1.95. The average molecular weight is 397 g/mol. The van der Waals surface area contributed by atoms with Gasteiger partial charge in [0.15, 0.2) is 11.5 Å². The molecule has 27 heavy (non-hydrogen) atoms. The van der Waals surface area contributed by atoms with Gasteiger partial charge in [-0.1, -0.05) is 6.07 Å². The Kier molecular flexibility index (Phi) is 7.36. The third-order valence-electron chi connectivity index (χ3n) is 4.91. The van der Waals surface area contributed by atoms with Crippen molar-refractivity contribution >= 4 is 23.4 Å². The van der Waals surface area contributed by atoms with Gasteiger partial charge < -0.3 is 19.3 Å². The summed E-state index contributed by atoms with van der Waals surface area (Å²) in [6, 6.07) is 5.69. The van der Waals surface area contributed by atoms with Crippen LogP contribution in [-0.2, 0) is 16.0 Å². The maximum Gasteiger partial charge on any atom is 0.229 e. The van der Waals surface area contributed by atoms with Gasteiger partial charge in [-0.25, -0.2) is 0 Å². The minimum Gasteiger partial charge on any atom is -0.493 e. The molecule has 0 aromatic heterocycles. The second-order valence-electron chi connectivity index (χ2n) is 7.38. The molecule has 150 valence electrons. The molecule has 6 nitrogen and oxygen atoms in total. The Bertz CT molecular complexity index is 670. The number of hydrogen-bond acceptors (Lipinski definition) is 4. The highest BCUT2D eigenvalue weighted by molar-refractivity contribution is 6.19. The van der Waals surface area contributed by atoms with Gasteiger partial charge in [0, 0.05) is 38.5 Å². The molecule has 0 atom stereocenters. The van der Waals surface area contributed by atoms with E-state index >= 15 is 0 Å². The van der Waals surface area contributed by atoms with Crippen LogP contribution in [0, 0.1) is 5.41 Å². The van der Waals surface area contributed by atoms with E-state index in [9.17, 15) is 9.59 Å². The highest BCUT2D eigenvalue weighted by atomic mass is 35.5. The normalized spacial score (nSPS) is 14.9. The molecular formula is C20H29ClN2O4. The number of piperazine rings is 1. The molecule has 1 aliphatic rings. The number of benzene rings is 1. The number of hydrogen-bond donors (Lipinski definition) is 0. The van der Waals surface area contributed by atoms with E-state index in [0.29, 0.717) is 50.5 Å². The van der Waals surface area contributed by atoms with E-state index in [4.69, 9.17) is 21.1 Å². The van der Waals surface area contributed by atoms with Gasteiger partial charge in [-0.3, -0.25) is 9.59 Å². The number of carbonyl (C=O) groups excluding carboxylic acids is 2. The summed E-state index contributed by atoms with van der Waals surface area (Å²) in [5.41, 5.74) is 0.458. The van der Waals surface area contributed by atoms with E-state index in [1.54, 1.807) is 19.1 Å². The van der Waals surface area contributed by atoms with Crippen LogP contribution < -0.4 is 9.47 Å². The molecule has 1 fully saturated rings. The van der Waals surface area contributed by atoms with Crippen molar-refractivity contribution in [3.05, 3.63) is 23.8 Å². The molecule has 1 saturated heterocycles. The maximum absolute atomic E-state index is 12.5. The number of ether oxygens (including phenoxy) is 2. The van der Waals surface area contributed by atoms with Crippen LogP contribution in [0.5, 0.6) is 11.5 Å². The fourth-order valence-corrected chi connectivity index (χ4v) is 3.20.